The Kier molecular flexibility index (Phi) is 2.17. The molecule has 1 N–H and O–H groups in total. The van der Waals surface area contributed by atoms with Gasteiger partial charge in [-0.15, -0.1) is 0 Å². The molecule has 0 radical (unpaired) electrons. The second-order valence-corrected chi connectivity index (χ2v) is 4.34. The third-order valence-corrected chi connectivity index (χ3v) is 3.18. The maximum atomic E-state index is 4.43. The van der Waals surface area contributed by atoms with Crippen LogP contribution in [0.2, 0.25) is 0 Å². The second kappa shape index (κ2) is 3.67. The van der Waals surface area contributed by atoms with Crippen LogP contribution >= 0.6 is 0 Å². The van der Waals surface area contributed by atoms with Crippen LogP contribution in [0.15, 0.2) is 42.7 Å². The number of nitrogens with zero attached hydrogens (tertiary/aromatic N) is 2. The van der Waals surface area contributed by atoms with Crippen molar-refractivity contribution < 1.29 is 0 Å². The summed E-state index contributed by atoms with van der Waals surface area (Å²) in [6, 6.07) is 11.2. The van der Waals surface area contributed by atoms with Crippen molar-refractivity contribution in [1.29, 1.82) is 0 Å². The molecule has 3 nitrogen and oxygen atoms in total. The molecule has 0 fully saturated rings. The van der Waals surface area contributed by atoms with E-state index in [0.717, 1.165) is 17.9 Å². The van der Waals surface area contributed by atoms with Crippen LogP contribution in [-0.2, 0) is 0 Å². The molecular weight excluding hydrogens is 198 g/mol. The number of para-hydroxylation sites is 1. The van der Waals surface area contributed by atoms with E-state index in [2.05, 4.69) is 40.1 Å². The molecule has 1 aromatic heterocycles. The van der Waals surface area contributed by atoms with Gasteiger partial charge in [-0.25, -0.2) is 4.98 Å². The van der Waals surface area contributed by atoms with Crippen LogP contribution in [0.1, 0.15) is 31.3 Å². The Morgan fingerprint density at radius 2 is 2.12 bits per heavy atom. The van der Waals surface area contributed by atoms with Gasteiger partial charge in [0.1, 0.15) is 5.82 Å². The van der Waals surface area contributed by atoms with E-state index in [1.54, 1.807) is 0 Å². The minimum absolute atomic E-state index is 0.340. The Hall–Kier alpha value is -1.77. The van der Waals surface area contributed by atoms with Crippen LogP contribution in [-0.4, -0.2) is 9.55 Å². The third-order valence-electron chi connectivity index (χ3n) is 3.18. The molecule has 2 aromatic rings. The van der Waals surface area contributed by atoms with Crippen LogP contribution in [0.4, 0.5) is 5.69 Å². The van der Waals surface area contributed by atoms with Crippen LogP contribution in [0.5, 0.6) is 0 Å². The second-order valence-electron chi connectivity index (χ2n) is 4.34. The number of nitrogens with one attached hydrogen (secondary N) is 1. The Morgan fingerprint density at radius 1 is 1.31 bits per heavy atom. The molecule has 1 aliphatic rings. The van der Waals surface area contributed by atoms with Gasteiger partial charge in [0.05, 0.1) is 6.04 Å². The first-order valence-electron chi connectivity index (χ1n) is 5.69. The molecule has 2 heterocycles. The number of rotatable bonds is 2. The van der Waals surface area contributed by atoms with Gasteiger partial charge >= 0.3 is 0 Å². The quantitative estimate of drug-likeness (QED) is 0.831. The van der Waals surface area contributed by atoms with Gasteiger partial charge in [0.25, 0.3) is 0 Å². The van der Waals surface area contributed by atoms with Gasteiger partial charge in [-0.3, -0.25) is 0 Å². The van der Waals surface area contributed by atoms with Gasteiger partial charge in [-0.05, 0) is 25.5 Å². The summed E-state index contributed by atoms with van der Waals surface area (Å²) in [5, 5.41) is 3.53. The summed E-state index contributed by atoms with van der Waals surface area (Å²) in [6.07, 6.45) is 5.05. The predicted octanol–water partition coefficient (Wildman–Crippen LogP) is 3.00. The van der Waals surface area contributed by atoms with Crippen molar-refractivity contribution in [2.45, 2.75) is 25.4 Å². The Labute approximate surface area is 95.1 Å². The zero-order valence-corrected chi connectivity index (χ0v) is 9.30. The molecule has 0 saturated heterocycles. The summed E-state index contributed by atoms with van der Waals surface area (Å²) in [5.41, 5.74) is 1.16. The van der Waals surface area contributed by atoms with E-state index in [-0.39, 0.29) is 0 Å². The standard InChI is InChI=1S/C13H15N3/c1-10-9-12(13-14-7-8-16(10)13)15-11-5-3-2-4-6-11/h2-8,10,12,15H,9H2,1H3. The zero-order valence-electron chi connectivity index (χ0n) is 9.30. The lowest BCUT2D eigenvalue weighted by molar-refractivity contribution is 0.563. The summed E-state index contributed by atoms with van der Waals surface area (Å²) in [6.45, 7) is 2.23. The van der Waals surface area contributed by atoms with E-state index < -0.39 is 0 Å². The fraction of sp³-hybridized carbons (Fsp3) is 0.308. The average molecular weight is 213 g/mol. The molecule has 0 bridgehead atoms. The molecule has 1 aliphatic heterocycles. The highest BCUT2D eigenvalue weighted by Gasteiger charge is 2.28. The monoisotopic (exact) mass is 213 g/mol. The fourth-order valence-corrected chi connectivity index (χ4v) is 2.39. The van der Waals surface area contributed by atoms with Crippen molar-refractivity contribution in [3.8, 4) is 0 Å². The molecule has 1 aromatic carbocycles. The van der Waals surface area contributed by atoms with Gasteiger partial charge in [-0.1, -0.05) is 18.2 Å². The number of anilines is 1. The van der Waals surface area contributed by atoms with Crippen LogP contribution in [0, 0.1) is 0 Å². The minimum Gasteiger partial charge on any atom is -0.375 e. The lowest BCUT2D eigenvalue weighted by Gasteiger charge is -2.12. The first-order valence-corrected chi connectivity index (χ1v) is 5.69. The van der Waals surface area contributed by atoms with Crippen molar-refractivity contribution in [3.05, 3.63) is 48.5 Å². The van der Waals surface area contributed by atoms with Crippen molar-refractivity contribution in [2.24, 2.45) is 0 Å². The van der Waals surface area contributed by atoms with E-state index in [9.17, 15) is 0 Å². The largest absolute Gasteiger partial charge is 0.375 e. The molecule has 3 heteroatoms. The third kappa shape index (κ3) is 1.48. The summed E-state index contributed by atoms with van der Waals surface area (Å²) < 4.78 is 2.25. The summed E-state index contributed by atoms with van der Waals surface area (Å²) in [7, 11) is 0. The number of hydrogen-bond acceptors (Lipinski definition) is 2. The summed E-state index contributed by atoms with van der Waals surface area (Å²) in [5.74, 6) is 1.15. The Morgan fingerprint density at radius 3 is 2.94 bits per heavy atom. The fourth-order valence-electron chi connectivity index (χ4n) is 2.39. The predicted molar refractivity (Wildman–Crippen MR) is 64.4 cm³/mol. The molecule has 2 atom stereocenters. The van der Waals surface area contributed by atoms with Crippen LogP contribution < -0.4 is 5.32 Å². The highest BCUT2D eigenvalue weighted by atomic mass is 15.2. The maximum Gasteiger partial charge on any atom is 0.131 e. The van der Waals surface area contributed by atoms with E-state index in [4.69, 9.17) is 0 Å². The zero-order chi connectivity index (χ0) is 11.0. The van der Waals surface area contributed by atoms with E-state index in [0.29, 0.717) is 12.1 Å². The normalized spacial score (nSPS) is 23.1. The average Bonchev–Trinajstić information content (AvgIpc) is 2.87. The van der Waals surface area contributed by atoms with Crippen LogP contribution in [0.25, 0.3) is 0 Å². The molecule has 3 rings (SSSR count). The van der Waals surface area contributed by atoms with Gasteiger partial charge < -0.3 is 9.88 Å². The minimum atomic E-state index is 0.340. The van der Waals surface area contributed by atoms with Gasteiger partial charge in [-0.2, -0.15) is 0 Å². The highest BCUT2D eigenvalue weighted by Crippen LogP contribution is 2.34. The van der Waals surface area contributed by atoms with E-state index >= 15 is 0 Å². The summed E-state index contributed by atoms with van der Waals surface area (Å²) >= 11 is 0. The highest BCUT2D eigenvalue weighted by molar-refractivity contribution is 5.44. The Balaban J connectivity index is 1.84. The van der Waals surface area contributed by atoms with Crippen molar-refractivity contribution in [1.82, 2.24) is 9.55 Å². The lowest BCUT2D eigenvalue weighted by Crippen LogP contribution is -2.08. The van der Waals surface area contributed by atoms with Crippen molar-refractivity contribution in [3.63, 3.8) is 0 Å². The van der Waals surface area contributed by atoms with Crippen molar-refractivity contribution in [2.75, 3.05) is 5.32 Å². The molecule has 16 heavy (non-hydrogen) atoms. The number of aromatic nitrogens is 2. The van der Waals surface area contributed by atoms with Gasteiger partial charge in [0.2, 0.25) is 0 Å². The number of hydrogen-bond donors (Lipinski definition) is 1. The summed E-state index contributed by atoms with van der Waals surface area (Å²) in [4.78, 5) is 4.43. The number of fused-ring (bicyclic) bond motifs is 1. The van der Waals surface area contributed by atoms with Gasteiger partial charge in [0.15, 0.2) is 0 Å². The number of benzene rings is 1. The first-order chi connectivity index (χ1) is 7.84. The molecule has 0 aliphatic carbocycles. The number of imidazole rings is 1. The lowest BCUT2D eigenvalue weighted by atomic mass is 10.1. The van der Waals surface area contributed by atoms with Crippen LogP contribution in [0.3, 0.4) is 0 Å². The van der Waals surface area contributed by atoms with E-state index in [1.165, 1.54) is 0 Å². The molecule has 0 spiro atoms. The maximum absolute atomic E-state index is 4.43. The van der Waals surface area contributed by atoms with Gasteiger partial charge in [0, 0.05) is 24.1 Å². The molecule has 0 amide bonds. The Bertz CT molecular complexity index is 475. The molecule has 0 saturated carbocycles. The van der Waals surface area contributed by atoms with Crippen molar-refractivity contribution >= 4 is 5.69 Å². The first kappa shape index (κ1) is 9.46. The van der Waals surface area contributed by atoms with E-state index in [1.807, 2.05) is 24.4 Å². The molecule has 82 valence electrons. The molecular formula is C13H15N3. The SMILES string of the molecule is CC1CC(Nc2ccccc2)c2nccn21. The topological polar surface area (TPSA) is 29.9 Å². The molecule has 2 unspecified atom stereocenters. The smallest absolute Gasteiger partial charge is 0.131 e.